The molecule has 6 nitrogen and oxygen atoms in total. The number of halogens is 1. The fourth-order valence-corrected chi connectivity index (χ4v) is 2.59. The highest BCUT2D eigenvalue weighted by Crippen LogP contribution is 2.23. The first kappa shape index (κ1) is 18.4. The van der Waals surface area contributed by atoms with Crippen LogP contribution in [0.15, 0.2) is 53.4 Å². The summed E-state index contributed by atoms with van der Waals surface area (Å²) in [4.78, 5) is 8.15. The molecule has 0 aliphatic carbocycles. The molecule has 2 heterocycles. The SMILES string of the molecule is Cc1ocnc1-c1ccc(OCCNC[C@H](O)c2ccc(Cl)nc2)cc1. The van der Waals surface area contributed by atoms with Crippen LogP contribution in [0.2, 0.25) is 5.15 Å². The van der Waals surface area contributed by atoms with E-state index >= 15 is 0 Å². The molecule has 136 valence electrons. The number of rotatable bonds is 8. The fourth-order valence-electron chi connectivity index (χ4n) is 2.47. The monoisotopic (exact) mass is 373 g/mol. The molecule has 2 N–H and O–H groups in total. The number of benzene rings is 1. The van der Waals surface area contributed by atoms with Gasteiger partial charge in [-0.15, -0.1) is 0 Å². The van der Waals surface area contributed by atoms with Crippen LogP contribution in [0.3, 0.4) is 0 Å². The maximum atomic E-state index is 10.1. The zero-order chi connectivity index (χ0) is 18.4. The first-order valence-electron chi connectivity index (χ1n) is 8.27. The lowest BCUT2D eigenvalue weighted by Gasteiger charge is -2.12. The number of aliphatic hydroxyl groups excluding tert-OH is 1. The van der Waals surface area contributed by atoms with Crippen molar-refractivity contribution in [3.63, 3.8) is 0 Å². The maximum absolute atomic E-state index is 10.1. The number of pyridine rings is 1. The highest BCUT2D eigenvalue weighted by Gasteiger charge is 2.08. The zero-order valence-electron chi connectivity index (χ0n) is 14.4. The van der Waals surface area contributed by atoms with E-state index in [2.05, 4.69) is 15.3 Å². The Bertz CT molecular complexity index is 819. The quantitative estimate of drug-likeness (QED) is 0.465. The molecule has 3 aromatic rings. The summed E-state index contributed by atoms with van der Waals surface area (Å²) < 4.78 is 10.9. The summed E-state index contributed by atoms with van der Waals surface area (Å²) in [5.74, 6) is 1.57. The van der Waals surface area contributed by atoms with Crippen molar-refractivity contribution in [2.24, 2.45) is 0 Å². The molecular formula is C19H20ClN3O3. The van der Waals surface area contributed by atoms with Gasteiger partial charge in [0, 0.05) is 30.4 Å². The highest BCUT2D eigenvalue weighted by atomic mass is 35.5. The van der Waals surface area contributed by atoms with E-state index < -0.39 is 6.10 Å². The summed E-state index contributed by atoms with van der Waals surface area (Å²) in [6.07, 6.45) is 2.38. The third-order valence-electron chi connectivity index (χ3n) is 3.89. The van der Waals surface area contributed by atoms with Gasteiger partial charge in [-0.3, -0.25) is 0 Å². The molecule has 26 heavy (non-hydrogen) atoms. The van der Waals surface area contributed by atoms with Gasteiger partial charge in [0.1, 0.15) is 29.0 Å². The van der Waals surface area contributed by atoms with Gasteiger partial charge < -0.3 is 19.6 Å². The Hall–Kier alpha value is -2.41. The van der Waals surface area contributed by atoms with Gasteiger partial charge in [0.2, 0.25) is 0 Å². The molecule has 0 unspecified atom stereocenters. The number of aromatic nitrogens is 2. The number of aryl methyl sites for hydroxylation is 1. The van der Waals surface area contributed by atoms with Crippen molar-refractivity contribution in [1.29, 1.82) is 0 Å². The lowest BCUT2D eigenvalue weighted by atomic mass is 10.1. The van der Waals surface area contributed by atoms with Gasteiger partial charge in [-0.25, -0.2) is 9.97 Å². The van der Waals surface area contributed by atoms with Gasteiger partial charge in [0.05, 0.1) is 6.10 Å². The minimum atomic E-state index is -0.634. The smallest absolute Gasteiger partial charge is 0.181 e. The van der Waals surface area contributed by atoms with E-state index in [-0.39, 0.29) is 0 Å². The number of nitrogens with zero attached hydrogens (tertiary/aromatic N) is 2. The van der Waals surface area contributed by atoms with Gasteiger partial charge in [-0.05, 0) is 37.3 Å². The zero-order valence-corrected chi connectivity index (χ0v) is 15.1. The molecule has 0 aliphatic heterocycles. The number of oxazole rings is 1. The summed E-state index contributed by atoms with van der Waals surface area (Å²) in [7, 11) is 0. The van der Waals surface area contributed by atoms with E-state index in [1.807, 2.05) is 31.2 Å². The van der Waals surface area contributed by atoms with Gasteiger partial charge in [0.25, 0.3) is 0 Å². The molecule has 0 aliphatic rings. The van der Waals surface area contributed by atoms with Gasteiger partial charge >= 0.3 is 0 Å². The fraction of sp³-hybridized carbons (Fsp3) is 0.263. The van der Waals surface area contributed by atoms with Crippen molar-refractivity contribution in [3.8, 4) is 17.0 Å². The largest absolute Gasteiger partial charge is 0.492 e. The molecule has 0 saturated heterocycles. The summed E-state index contributed by atoms with van der Waals surface area (Å²) in [5.41, 5.74) is 2.55. The second kappa shape index (κ2) is 8.80. The molecule has 3 rings (SSSR count). The Kier molecular flexibility index (Phi) is 6.22. The topological polar surface area (TPSA) is 80.4 Å². The summed E-state index contributed by atoms with van der Waals surface area (Å²) in [6, 6.07) is 11.1. The second-order valence-electron chi connectivity index (χ2n) is 5.76. The van der Waals surface area contributed by atoms with Gasteiger partial charge in [0.15, 0.2) is 6.39 Å². The van der Waals surface area contributed by atoms with Crippen LogP contribution in [0.1, 0.15) is 17.4 Å². The first-order valence-corrected chi connectivity index (χ1v) is 8.65. The van der Waals surface area contributed by atoms with Crippen molar-refractivity contribution in [2.75, 3.05) is 19.7 Å². The number of nitrogens with one attached hydrogen (secondary N) is 1. The average Bonchev–Trinajstić information content (AvgIpc) is 3.08. The normalized spacial score (nSPS) is 12.1. The maximum Gasteiger partial charge on any atom is 0.181 e. The lowest BCUT2D eigenvalue weighted by Crippen LogP contribution is -2.26. The van der Waals surface area contributed by atoms with E-state index in [4.69, 9.17) is 20.8 Å². The first-order chi connectivity index (χ1) is 12.6. The van der Waals surface area contributed by atoms with Crippen molar-refractivity contribution in [1.82, 2.24) is 15.3 Å². The molecular weight excluding hydrogens is 354 g/mol. The van der Waals surface area contributed by atoms with Crippen LogP contribution >= 0.6 is 11.6 Å². The number of hydrogen-bond donors (Lipinski definition) is 2. The molecule has 7 heteroatoms. The second-order valence-corrected chi connectivity index (χ2v) is 6.15. The number of hydrogen-bond acceptors (Lipinski definition) is 6. The molecule has 0 radical (unpaired) electrons. The molecule has 0 fully saturated rings. The summed E-state index contributed by atoms with van der Waals surface area (Å²) in [5, 5.41) is 13.6. The molecule has 0 spiro atoms. The Morgan fingerprint density at radius 2 is 2.00 bits per heavy atom. The molecule has 2 aromatic heterocycles. The van der Waals surface area contributed by atoms with E-state index in [1.165, 1.54) is 6.39 Å². The summed E-state index contributed by atoms with van der Waals surface area (Å²) >= 11 is 5.73. The van der Waals surface area contributed by atoms with E-state index in [0.717, 1.165) is 28.3 Å². The lowest BCUT2D eigenvalue weighted by molar-refractivity contribution is 0.171. The van der Waals surface area contributed by atoms with Crippen LogP contribution in [-0.4, -0.2) is 34.8 Å². The predicted octanol–water partition coefficient (Wildman–Crippen LogP) is 3.40. The van der Waals surface area contributed by atoms with Crippen molar-refractivity contribution in [3.05, 3.63) is 65.5 Å². The average molecular weight is 374 g/mol. The highest BCUT2D eigenvalue weighted by molar-refractivity contribution is 6.29. The minimum Gasteiger partial charge on any atom is -0.492 e. The Morgan fingerprint density at radius 3 is 2.65 bits per heavy atom. The van der Waals surface area contributed by atoms with Crippen LogP contribution in [0, 0.1) is 6.92 Å². The molecule has 0 saturated carbocycles. The predicted molar refractivity (Wildman–Crippen MR) is 99.2 cm³/mol. The van der Waals surface area contributed by atoms with Crippen molar-refractivity contribution < 1.29 is 14.3 Å². The summed E-state index contributed by atoms with van der Waals surface area (Å²) in [6.45, 7) is 3.40. The van der Waals surface area contributed by atoms with E-state index in [1.54, 1.807) is 18.3 Å². The minimum absolute atomic E-state index is 0.409. The third kappa shape index (κ3) is 4.82. The van der Waals surface area contributed by atoms with Crippen molar-refractivity contribution in [2.45, 2.75) is 13.0 Å². The molecule has 0 amide bonds. The van der Waals surface area contributed by atoms with E-state index in [0.29, 0.717) is 24.8 Å². The number of ether oxygens (including phenoxy) is 1. The van der Waals surface area contributed by atoms with Crippen LogP contribution < -0.4 is 10.1 Å². The molecule has 1 atom stereocenters. The van der Waals surface area contributed by atoms with Gasteiger partial charge in [-0.1, -0.05) is 17.7 Å². The van der Waals surface area contributed by atoms with Crippen LogP contribution in [0.5, 0.6) is 5.75 Å². The van der Waals surface area contributed by atoms with Crippen LogP contribution in [0.4, 0.5) is 0 Å². The Morgan fingerprint density at radius 1 is 1.19 bits per heavy atom. The Balaban J connectivity index is 1.40. The standard InChI is InChI=1S/C19H20ClN3O3/c1-13-19(23-12-26-13)14-2-5-16(6-3-14)25-9-8-21-11-17(24)15-4-7-18(20)22-10-15/h2-7,10,12,17,21,24H,8-9,11H2,1H3/t17-/m0/s1. The number of aliphatic hydroxyl groups is 1. The van der Waals surface area contributed by atoms with Crippen LogP contribution in [-0.2, 0) is 0 Å². The van der Waals surface area contributed by atoms with Gasteiger partial charge in [-0.2, -0.15) is 0 Å². The molecule has 1 aromatic carbocycles. The van der Waals surface area contributed by atoms with E-state index in [9.17, 15) is 5.11 Å². The Labute approximate surface area is 156 Å². The van der Waals surface area contributed by atoms with Crippen molar-refractivity contribution >= 4 is 11.6 Å². The third-order valence-corrected chi connectivity index (χ3v) is 4.12. The van der Waals surface area contributed by atoms with Crippen LogP contribution in [0.25, 0.3) is 11.3 Å². The molecule has 0 bridgehead atoms.